The topological polar surface area (TPSA) is 58.2 Å². The highest BCUT2D eigenvalue weighted by molar-refractivity contribution is 8.00. The predicted molar refractivity (Wildman–Crippen MR) is 78.2 cm³/mol. The molecule has 0 aliphatic carbocycles. The lowest BCUT2D eigenvalue weighted by molar-refractivity contribution is -0.127. The molecule has 5 heteroatoms. The monoisotopic (exact) mass is 280 g/mol. The molecule has 0 aromatic heterocycles. The van der Waals surface area contributed by atoms with Gasteiger partial charge in [0.1, 0.15) is 6.04 Å². The molecule has 0 aliphatic heterocycles. The molecule has 0 saturated heterocycles. The van der Waals surface area contributed by atoms with Crippen LogP contribution in [0.5, 0.6) is 0 Å². The van der Waals surface area contributed by atoms with Crippen LogP contribution in [0.25, 0.3) is 0 Å². The van der Waals surface area contributed by atoms with Crippen LogP contribution in [-0.4, -0.2) is 30.2 Å². The van der Waals surface area contributed by atoms with E-state index in [1.807, 2.05) is 38.1 Å². The average Bonchev–Trinajstić information content (AvgIpc) is 2.38. The minimum Gasteiger partial charge on any atom is -0.355 e. The van der Waals surface area contributed by atoms with Gasteiger partial charge in [-0.15, -0.1) is 11.8 Å². The second-order valence-corrected chi connectivity index (χ2v) is 5.26. The number of hydrogen-bond donors (Lipinski definition) is 2. The highest BCUT2D eigenvalue weighted by atomic mass is 32.2. The van der Waals surface area contributed by atoms with E-state index in [0.29, 0.717) is 12.3 Å². The van der Waals surface area contributed by atoms with Crippen molar-refractivity contribution >= 4 is 23.6 Å². The lowest BCUT2D eigenvalue weighted by Crippen LogP contribution is -2.45. The summed E-state index contributed by atoms with van der Waals surface area (Å²) in [5.74, 6) is 0.0259. The Morgan fingerprint density at radius 1 is 1.32 bits per heavy atom. The predicted octanol–water partition coefficient (Wildman–Crippen LogP) is 1.73. The lowest BCUT2D eigenvalue weighted by atomic mass is 10.2. The molecule has 19 heavy (non-hydrogen) atoms. The summed E-state index contributed by atoms with van der Waals surface area (Å²) in [4.78, 5) is 24.3. The molecule has 104 valence electrons. The smallest absolute Gasteiger partial charge is 0.242 e. The zero-order valence-electron chi connectivity index (χ0n) is 11.5. The summed E-state index contributed by atoms with van der Waals surface area (Å²) in [6.45, 7) is 6.11. The lowest BCUT2D eigenvalue weighted by Gasteiger charge is -2.13. The number of likely N-dealkylation sites (N-methyl/N-ethyl adjacent to an activating group) is 1. The van der Waals surface area contributed by atoms with Crippen LogP contribution in [-0.2, 0) is 9.59 Å². The standard InChI is InChI=1S/C14H20N2O2S/c1-4-15-14(18)11(3)16-13(17)9-19-12-8-6-5-7-10(12)2/h5-8,11H,4,9H2,1-3H3,(H,15,18)(H,16,17)/t11-/m0/s1. The maximum absolute atomic E-state index is 11.7. The third-order valence-corrected chi connectivity index (χ3v) is 3.75. The minimum atomic E-state index is -0.495. The van der Waals surface area contributed by atoms with Crippen molar-refractivity contribution in [3.05, 3.63) is 29.8 Å². The Kier molecular flexibility index (Phi) is 6.42. The van der Waals surface area contributed by atoms with Crippen molar-refractivity contribution in [2.24, 2.45) is 0 Å². The van der Waals surface area contributed by atoms with Crippen molar-refractivity contribution in [2.45, 2.75) is 31.7 Å². The summed E-state index contributed by atoms with van der Waals surface area (Å²) in [5.41, 5.74) is 1.15. The number of amides is 2. The van der Waals surface area contributed by atoms with Crippen LogP contribution < -0.4 is 10.6 Å². The summed E-state index contributed by atoms with van der Waals surface area (Å²) >= 11 is 1.48. The van der Waals surface area contributed by atoms with Crippen LogP contribution in [0.15, 0.2) is 29.2 Å². The molecule has 0 radical (unpaired) electrons. The molecule has 2 N–H and O–H groups in total. The Morgan fingerprint density at radius 2 is 2.00 bits per heavy atom. The van der Waals surface area contributed by atoms with Crippen molar-refractivity contribution in [2.75, 3.05) is 12.3 Å². The van der Waals surface area contributed by atoms with Crippen LogP contribution in [0.2, 0.25) is 0 Å². The second kappa shape index (κ2) is 7.84. The highest BCUT2D eigenvalue weighted by Gasteiger charge is 2.14. The van der Waals surface area contributed by atoms with Crippen LogP contribution in [0.4, 0.5) is 0 Å². The zero-order valence-corrected chi connectivity index (χ0v) is 12.3. The van der Waals surface area contributed by atoms with Gasteiger partial charge >= 0.3 is 0 Å². The molecule has 0 saturated carbocycles. The molecule has 0 aliphatic rings. The first-order valence-electron chi connectivity index (χ1n) is 6.30. The van der Waals surface area contributed by atoms with Crippen molar-refractivity contribution in [1.82, 2.24) is 10.6 Å². The number of benzene rings is 1. The van der Waals surface area contributed by atoms with Gasteiger partial charge in [0.2, 0.25) is 11.8 Å². The van der Waals surface area contributed by atoms with Crippen molar-refractivity contribution in [3.8, 4) is 0 Å². The number of hydrogen-bond acceptors (Lipinski definition) is 3. The van der Waals surface area contributed by atoms with E-state index in [1.54, 1.807) is 6.92 Å². The van der Waals surface area contributed by atoms with Gasteiger partial charge in [0.15, 0.2) is 0 Å². The van der Waals surface area contributed by atoms with Gasteiger partial charge in [-0.05, 0) is 32.4 Å². The summed E-state index contributed by atoms with van der Waals surface area (Å²) < 4.78 is 0. The van der Waals surface area contributed by atoms with Gasteiger partial charge < -0.3 is 10.6 Å². The maximum atomic E-state index is 11.7. The van der Waals surface area contributed by atoms with Gasteiger partial charge in [-0.2, -0.15) is 0 Å². The van der Waals surface area contributed by atoms with Crippen LogP contribution in [0.3, 0.4) is 0 Å². The molecule has 2 amide bonds. The Bertz CT molecular complexity index is 449. The SMILES string of the molecule is CCNC(=O)[C@H](C)NC(=O)CSc1ccccc1C. The van der Waals surface area contributed by atoms with E-state index in [4.69, 9.17) is 0 Å². The minimum absolute atomic E-state index is 0.132. The van der Waals surface area contributed by atoms with Gasteiger partial charge in [0, 0.05) is 11.4 Å². The van der Waals surface area contributed by atoms with E-state index in [1.165, 1.54) is 11.8 Å². The molecule has 0 heterocycles. The first kappa shape index (κ1) is 15.6. The van der Waals surface area contributed by atoms with E-state index in [-0.39, 0.29) is 11.8 Å². The fraction of sp³-hybridized carbons (Fsp3) is 0.429. The molecule has 1 rings (SSSR count). The van der Waals surface area contributed by atoms with E-state index >= 15 is 0 Å². The molecular weight excluding hydrogens is 260 g/mol. The van der Waals surface area contributed by atoms with Gasteiger partial charge in [0.25, 0.3) is 0 Å². The second-order valence-electron chi connectivity index (χ2n) is 4.24. The number of rotatable bonds is 6. The fourth-order valence-electron chi connectivity index (χ4n) is 1.54. The number of carbonyl (C=O) groups excluding carboxylic acids is 2. The van der Waals surface area contributed by atoms with Crippen LogP contribution in [0.1, 0.15) is 19.4 Å². The fourth-order valence-corrected chi connectivity index (χ4v) is 2.38. The molecule has 1 aromatic carbocycles. The van der Waals surface area contributed by atoms with Gasteiger partial charge in [-0.1, -0.05) is 18.2 Å². The molecular formula is C14H20N2O2S. The van der Waals surface area contributed by atoms with E-state index in [9.17, 15) is 9.59 Å². The van der Waals surface area contributed by atoms with Gasteiger partial charge in [-0.3, -0.25) is 9.59 Å². The summed E-state index contributed by atoms with van der Waals surface area (Å²) in [6, 6.07) is 7.42. The normalized spacial score (nSPS) is 11.7. The molecule has 0 fully saturated rings. The molecule has 0 bridgehead atoms. The maximum Gasteiger partial charge on any atom is 0.242 e. The van der Waals surface area contributed by atoms with Crippen LogP contribution >= 0.6 is 11.8 Å². The summed E-state index contributed by atoms with van der Waals surface area (Å²) in [5, 5.41) is 5.36. The summed E-state index contributed by atoms with van der Waals surface area (Å²) in [7, 11) is 0. The van der Waals surface area contributed by atoms with Crippen molar-refractivity contribution in [3.63, 3.8) is 0 Å². The van der Waals surface area contributed by atoms with E-state index in [0.717, 1.165) is 10.5 Å². The average molecular weight is 280 g/mol. The Morgan fingerprint density at radius 3 is 2.63 bits per heavy atom. The Labute approximate surface area is 118 Å². The van der Waals surface area contributed by atoms with Gasteiger partial charge in [-0.25, -0.2) is 0 Å². The van der Waals surface area contributed by atoms with Crippen molar-refractivity contribution in [1.29, 1.82) is 0 Å². The van der Waals surface area contributed by atoms with E-state index < -0.39 is 6.04 Å². The molecule has 4 nitrogen and oxygen atoms in total. The first-order valence-corrected chi connectivity index (χ1v) is 7.28. The Hall–Kier alpha value is -1.49. The van der Waals surface area contributed by atoms with E-state index in [2.05, 4.69) is 10.6 Å². The third-order valence-electron chi connectivity index (χ3n) is 2.57. The molecule has 1 atom stereocenters. The number of aryl methyl sites for hydroxylation is 1. The Balaban J connectivity index is 2.40. The quantitative estimate of drug-likeness (QED) is 0.780. The third kappa shape index (κ3) is 5.34. The summed E-state index contributed by atoms with van der Waals surface area (Å²) in [6.07, 6.45) is 0. The molecule has 0 spiro atoms. The highest BCUT2D eigenvalue weighted by Crippen LogP contribution is 2.21. The molecule has 0 unspecified atom stereocenters. The van der Waals surface area contributed by atoms with Crippen LogP contribution in [0, 0.1) is 6.92 Å². The van der Waals surface area contributed by atoms with Crippen molar-refractivity contribution < 1.29 is 9.59 Å². The van der Waals surface area contributed by atoms with Gasteiger partial charge in [0.05, 0.1) is 5.75 Å². The number of nitrogens with one attached hydrogen (secondary N) is 2. The number of thioether (sulfide) groups is 1. The largest absolute Gasteiger partial charge is 0.355 e. The first-order chi connectivity index (χ1) is 9.04. The number of carbonyl (C=O) groups is 2. The zero-order chi connectivity index (χ0) is 14.3. The molecule has 1 aromatic rings.